The zero-order valence-electron chi connectivity index (χ0n) is 14.9. The van der Waals surface area contributed by atoms with Crippen LogP contribution < -0.4 is 4.74 Å². The maximum Gasteiger partial charge on any atom is 0.337 e. The summed E-state index contributed by atoms with van der Waals surface area (Å²) >= 11 is 1.55. The number of ether oxygens (including phenoxy) is 2. The van der Waals surface area contributed by atoms with Crippen LogP contribution in [0.3, 0.4) is 0 Å². The van der Waals surface area contributed by atoms with Crippen LogP contribution in [0, 0.1) is 23.7 Å². The van der Waals surface area contributed by atoms with Gasteiger partial charge in [0.2, 0.25) is 0 Å². The molecular formula is C22H20O3S. The number of methoxy groups -OCH3 is 2. The van der Waals surface area contributed by atoms with Crippen LogP contribution in [0.5, 0.6) is 5.06 Å². The summed E-state index contributed by atoms with van der Waals surface area (Å²) in [5.74, 6) is 12.1. The first kappa shape index (κ1) is 19.4. The van der Waals surface area contributed by atoms with Crippen molar-refractivity contribution in [3.8, 4) is 28.7 Å². The third-order valence-corrected chi connectivity index (χ3v) is 4.35. The molecule has 0 amide bonds. The molecule has 0 atom stereocenters. The quantitative estimate of drug-likeness (QED) is 0.435. The number of benzene rings is 1. The number of hydrogen-bond acceptors (Lipinski definition) is 4. The van der Waals surface area contributed by atoms with E-state index in [-0.39, 0.29) is 5.97 Å². The number of hydrogen-bond donors (Lipinski definition) is 0. The van der Waals surface area contributed by atoms with Crippen molar-refractivity contribution in [3.63, 3.8) is 0 Å². The molecule has 0 aliphatic carbocycles. The zero-order valence-corrected chi connectivity index (χ0v) is 15.7. The highest BCUT2D eigenvalue weighted by molar-refractivity contribution is 7.14. The number of carbonyl (C=O) groups is 1. The van der Waals surface area contributed by atoms with Gasteiger partial charge in [0.1, 0.15) is 0 Å². The Labute approximate surface area is 158 Å². The van der Waals surface area contributed by atoms with Crippen LogP contribution in [0.4, 0.5) is 0 Å². The Morgan fingerprint density at radius 3 is 2.54 bits per heavy atom. The summed E-state index contributed by atoms with van der Waals surface area (Å²) in [6, 6.07) is 11.1. The fourth-order valence-electron chi connectivity index (χ4n) is 2.03. The average Bonchev–Trinajstić information content (AvgIpc) is 3.14. The highest BCUT2D eigenvalue weighted by atomic mass is 32.1. The molecule has 132 valence electrons. The molecule has 1 heterocycles. The van der Waals surface area contributed by atoms with Crippen LogP contribution in [0.2, 0.25) is 0 Å². The molecule has 0 bridgehead atoms. The molecule has 26 heavy (non-hydrogen) atoms. The summed E-state index contributed by atoms with van der Waals surface area (Å²) in [5, 5.41) is 0.881. The second kappa shape index (κ2) is 10.8. The minimum absolute atomic E-state index is 0.332. The van der Waals surface area contributed by atoms with Crippen LogP contribution in [0.25, 0.3) is 6.08 Å². The van der Waals surface area contributed by atoms with Crippen molar-refractivity contribution in [2.24, 2.45) is 0 Å². The van der Waals surface area contributed by atoms with Crippen LogP contribution in [0.1, 0.15) is 40.1 Å². The number of rotatable bonds is 5. The van der Waals surface area contributed by atoms with Crippen LogP contribution in [-0.2, 0) is 4.74 Å². The molecule has 1 aromatic heterocycles. The van der Waals surface area contributed by atoms with E-state index in [4.69, 9.17) is 4.74 Å². The summed E-state index contributed by atoms with van der Waals surface area (Å²) in [7, 11) is 3.03. The van der Waals surface area contributed by atoms with Gasteiger partial charge in [-0.3, -0.25) is 0 Å². The first-order valence-corrected chi connectivity index (χ1v) is 9.00. The minimum Gasteiger partial charge on any atom is -0.487 e. The highest BCUT2D eigenvalue weighted by Crippen LogP contribution is 2.22. The molecule has 3 nitrogen and oxygen atoms in total. The molecule has 1 aromatic carbocycles. The number of carbonyl (C=O) groups excluding carboxylic acids is 1. The second-order valence-electron chi connectivity index (χ2n) is 5.25. The maximum absolute atomic E-state index is 11.4. The number of esters is 1. The van der Waals surface area contributed by atoms with Gasteiger partial charge < -0.3 is 9.47 Å². The fourth-order valence-corrected chi connectivity index (χ4v) is 2.72. The maximum atomic E-state index is 11.4. The lowest BCUT2D eigenvalue weighted by atomic mass is 10.1. The molecule has 0 saturated carbocycles. The van der Waals surface area contributed by atoms with E-state index in [1.807, 2.05) is 36.4 Å². The van der Waals surface area contributed by atoms with E-state index in [0.29, 0.717) is 5.56 Å². The predicted octanol–water partition coefficient (Wildman–Crippen LogP) is 4.78. The van der Waals surface area contributed by atoms with Gasteiger partial charge in [-0.2, -0.15) is 0 Å². The lowest BCUT2D eigenvalue weighted by Crippen LogP contribution is -2.00. The van der Waals surface area contributed by atoms with Crippen LogP contribution >= 0.6 is 11.3 Å². The predicted molar refractivity (Wildman–Crippen MR) is 106 cm³/mol. The van der Waals surface area contributed by atoms with Gasteiger partial charge in [0.25, 0.3) is 0 Å². The summed E-state index contributed by atoms with van der Waals surface area (Å²) in [4.78, 5) is 12.4. The fraction of sp³-hybridized carbons (Fsp3) is 0.227. The molecule has 0 aliphatic heterocycles. The lowest BCUT2D eigenvalue weighted by Gasteiger charge is -1.98. The molecule has 0 unspecified atom stereocenters. The lowest BCUT2D eigenvalue weighted by molar-refractivity contribution is 0.0600. The number of thiophene rings is 1. The van der Waals surface area contributed by atoms with E-state index in [1.165, 1.54) is 7.11 Å². The minimum atomic E-state index is -0.332. The Kier molecular flexibility index (Phi) is 8.06. The SMILES string of the molecule is COC(=O)c1ccc(/C=C/C#CCCCC#Cc2ccc(OC)s2)cc1. The van der Waals surface area contributed by atoms with E-state index < -0.39 is 0 Å². The first-order chi connectivity index (χ1) is 12.7. The Bertz CT molecular complexity index is 868. The molecule has 0 N–H and O–H groups in total. The van der Waals surface area contributed by atoms with E-state index >= 15 is 0 Å². The van der Waals surface area contributed by atoms with Crippen molar-refractivity contribution >= 4 is 23.4 Å². The van der Waals surface area contributed by atoms with E-state index in [1.54, 1.807) is 30.6 Å². The summed E-state index contributed by atoms with van der Waals surface area (Å²) in [6.45, 7) is 0. The first-order valence-electron chi connectivity index (χ1n) is 8.19. The number of allylic oxidation sites excluding steroid dienone is 1. The largest absolute Gasteiger partial charge is 0.487 e. The van der Waals surface area contributed by atoms with Gasteiger partial charge in [-0.15, -0.1) is 0 Å². The van der Waals surface area contributed by atoms with Crippen molar-refractivity contribution in [1.29, 1.82) is 0 Å². The van der Waals surface area contributed by atoms with Gasteiger partial charge in [-0.25, -0.2) is 4.79 Å². The third-order valence-electron chi connectivity index (χ3n) is 3.39. The molecule has 0 aliphatic rings. The van der Waals surface area contributed by atoms with E-state index in [9.17, 15) is 4.79 Å². The molecule has 2 rings (SSSR count). The van der Waals surface area contributed by atoms with Gasteiger partial charge in [-0.1, -0.05) is 47.2 Å². The third kappa shape index (κ3) is 6.51. The van der Waals surface area contributed by atoms with Crippen molar-refractivity contribution in [3.05, 3.63) is 58.5 Å². The smallest absolute Gasteiger partial charge is 0.337 e. The molecule has 0 saturated heterocycles. The average molecular weight is 364 g/mol. The van der Waals surface area contributed by atoms with Crippen LogP contribution in [-0.4, -0.2) is 20.2 Å². The molecule has 4 heteroatoms. The van der Waals surface area contributed by atoms with Crippen molar-refractivity contribution < 1.29 is 14.3 Å². The van der Waals surface area contributed by atoms with Crippen molar-refractivity contribution in [2.75, 3.05) is 14.2 Å². The second-order valence-corrected chi connectivity index (χ2v) is 6.29. The zero-order chi connectivity index (χ0) is 18.6. The van der Waals surface area contributed by atoms with Gasteiger partial charge in [0.05, 0.1) is 24.7 Å². The van der Waals surface area contributed by atoms with Gasteiger partial charge in [0, 0.05) is 12.8 Å². The highest BCUT2D eigenvalue weighted by Gasteiger charge is 2.02. The van der Waals surface area contributed by atoms with Crippen molar-refractivity contribution in [1.82, 2.24) is 0 Å². The van der Waals surface area contributed by atoms with E-state index in [2.05, 4.69) is 28.4 Å². The van der Waals surface area contributed by atoms with Gasteiger partial charge >= 0.3 is 5.97 Å². The standard InChI is InChI=1S/C22H20O3S/c1-24-21-17-16-20(26-21)11-9-7-5-3-4-6-8-10-18-12-14-19(15-13-18)22(23)25-2/h8,10,12-17H,3,5,7H2,1-2H3/b10-8+. The van der Waals surface area contributed by atoms with Crippen molar-refractivity contribution in [2.45, 2.75) is 19.3 Å². The molecule has 0 spiro atoms. The molecular weight excluding hydrogens is 344 g/mol. The Morgan fingerprint density at radius 2 is 1.85 bits per heavy atom. The van der Waals surface area contributed by atoms with Crippen LogP contribution in [0.15, 0.2) is 42.5 Å². The monoisotopic (exact) mass is 364 g/mol. The molecule has 0 radical (unpaired) electrons. The summed E-state index contributed by atoms with van der Waals surface area (Å²) < 4.78 is 9.80. The normalized spacial score (nSPS) is 9.77. The molecule has 0 fully saturated rings. The Morgan fingerprint density at radius 1 is 1.08 bits per heavy atom. The Hall–Kier alpha value is -2.95. The summed E-state index contributed by atoms with van der Waals surface area (Å²) in [5.41, 5.74) is 1.53. The van der Waals surface area contributed by atoms with E-state index in [0.717, 1.165) is 34.8 Å². The van der Waals surface area contributed by atoms with Gasteiger partial charge in [0.15, 0.2) is 5.06 Å². The molecule has 2 aromatic rings. The topological polar surface area (TPSA) is 35.5 Å². The number of unbranched alkanes of at least 4 members (excludes halogenated alkanes) is 2. The summed E-state index contributed by atoms with van der Waals surface area (Å²) in [6.07, 6.45) is 6.32. The Balaban J connectivity index is 1.70. The van der Waals surface area contributed by atoms with Gasteiger partial charge in [-0.05, 0) is 48.4 Å².